The van der Waals surface area contributed by atoms with Gasteiger partial charge in [-0.3, -0.25) is 4.79 Å². The molecule has 5 nitrogen and oxygen atoms in total. The minimum atomic E-state index is -0.962. The molecular formula is C15H15Cl2N3O2. The highest BCUT2D eigenvalue weighted by Gasteiger charge is 2.36. The van der Waals surface area contributed by atoms with E-state index in [0.29, 0.717) is 36.6 Å². The van der Waals surface area contributed by atoms with Crippen LogP contribution < -0.4 is 10.5 Å². The maximum atomic E-state index is 11.5. The first-order chi connectivity index (χ1) is 10.5. The van der Waals surface area contributed by atoms with Crippen LogP contribution in [0.15, 0.2) is 35.3 Å². The molecule has 1 fully saturated rings. The number of hydrogen-bond acceptors (Lipinski definition) is 4. The summed E-state index contributed by atoms with van der Waals surface area (Å²) in [5.41, 5.74) is -0.0418. The fourth-order valence-electron chi connectivity index (χ4n) is 2.82. The summed E-state index contributed by atoms with van der Waals surface area (Å²) in [6, 6.07) is 7.33. The maximum Gasteiger partial charge on any atom is 0.285 e. The molecule has 1 aromatic carbocycles. The van der Waals surface area contributed by atoms with Crippen molar-refractivity contribution in [3.05, 3.63) is 56.4 Å². The summed E-state index contributed by atoms with van der Waals surface area (Å²) in [7, 11) is 0. The van der Waals surface area contributed by atoms with Gasteiger partial charge in [0.1, 0.15) is 5.02 Å². The van der Waals surface area contributed by atoms with E-state index in [1.54, 1.807) is 6.07 Å². The minimum Gasteiger partial charge on any atom is -0.385 e. The molecule has 0 unspecified atom stereocenters. The lowest BCUT2D eigenvalue weighted by Crippen LogP contribution is -2.43. The Labute approximate surface area is 137 Å². The van der Waals surface area contributed by atoms with Gasteiger partial charge in [0.15, 0.2) is 0 Å². The van der Waals surface area contributed by atoms with E-state index in [1.165, 1.54) is 6.20 Å². The van der Waals surface area contributed by atoms with Gasteiger partial charge in [0.05, 0.1) is 17.5 Å². The van der Waals surface area contributed by atoms with Crippen molar-refractivity contribution in [3.63, 3.8) is 0 Å². The molecule has 3 rings (SSSR count). The molecule has 22 heavy (non-hydrogen) atoms. The molecule has 7 heteroatoms. The van der Waals surface area contributed by atoms with Gasteiger partial charge in [0, 0.05) is 23.7 Å². The molecule has 2 N–H and O–H groups in total. The largest absolute Gasteiger partial charge is 0.385 e. The number of hydrogen-bond donors (Lipinski definition) is 2. The van der Waals surface area contributed by atoms with E-state index in [0.717, 1.165) is 5.56 Å². The third-order valence-electron chi connectivity index (χ3n) is 4.08. The number of rotatable bonds is 2. The second-order valence-electron chi connectivity index (χ2n) is 5.40. The predicted molar refractivity (Wildman–Crippen MR) is 86.7 cm³/mol. The van der Waals surface area contributed by atoms with Crippen molar-refractivity contribution < 1.29 is 5.11 Å². The molecule has 1 saturated heterocycles. The van der Waals surface area contributed by atoms with Crippen molar-refractivity contribution in [2.75, 3.05) is 18.0 Å². The minimum absolute atomic E-state index is 0.123. The van der Waals surface area contributed by atoms with Crippen LogP contribution in [-0.2, 0) is 5.60 Å². The van der Waals surface area contributed by atoms with E-state index < -0.39 is 11.2 Å². The lowest BCUT2D eigenvalue weighted by Gasteiger charge is -2.39. The number of nitrogens with zero attached hydrogens (tertiary/aromatic N) is 2. The molecule has 0 spiro atoms. The van der Waals surface area contributed by atoms with Crippen LogP contribution in [0.1, 0.15) is 18.4 Å². The first-order valence-corrected chi connectivity index (χ1v) is 7.72. The van der Waals surface area contributed by atoms with Crippen LogP contribution in [0, 0.1) is 0 Å². The number of piperidine rings is 1. The lowest BCUT2D eigenvalue weighted by molar-refractivity contribution is 0.0119. The van der Waals surface area contributed by atoms with Gasteiger partial charge < -0.3 is 10.0 Å². The molecule has 0 atom stereocenters. The summed E-state index contributed by atoms with van der Waals surface area (Å²) >= 11 is 12.2. The number of benzene rings is 1. The molecule has 2 aromatic rings. The fourth-order valence-corrected chi connectivity index (χ4v) is 3.34. The van der Waals surface area contributed by atoms with Gasteiger partial charge in [-0.05, 0) is 18.9 Å². The van der Waals surface area contributed by atoms with Crippen molar-refractivity contribution >= 4 is 28.9 Å². The molecule has 1 aliphatic rings. The zero-order chi connectivity index (χ0) is 15.7. The molecule has 0 bridgehead atoms. The summed E-state index contributed by atoms with van der Waals surface area (Å²) in [5.74, 6) is 0. The topological polar surface area (TPSA) is 69.2 Å². The second kappa shape index (κ2) is 5.91. The standard InChI is InChI=1S/C15H15Cl2N3O2/c16-11-4-2-1-3-10(11)15(22)5-7-20(8-6-15)12-9-18-19-14(21)13(12)17/h1-4,9,22H,5-8H2,(H,19,21). The monoisotopic (exact) mass is 339 g/mol. The van der Waals surface area contributed by atoms with E-state index in [4.69, 9.17) is 23.2 Å². The molecule has 1 aromatic heterocycles. The van der Waals surface area contributed by atoms with Crippen molar-refractivity contribution in [1.29, 1.82) is 0 Å². The van der Waals surface area contributed by atoms with Gasteiger partial charge in [-0.1, -0.05) is 41.4 Å². The van der Waals surface area contributed by atoms with E-state index in [1.807, 2.05) is 23.1 Å². The van der Waals surface area contributed by atoms with E-state index in [9.17, 15) is 9.90 Å². The Kier molecular flexibility index (Phi) is 4.12. The number of nitrogens with one attached hydrogen (secondary N) is 1. The van der Waals surface area contributed by atoms with Crippen LogP contribution in [0.4, 0.5) is 5.69 Å². The van der Waals surface area contributed by atoms with Gasteiger partial charge in [0.2, 0.25) is 0 Å². The Bertz CT molecular complexity index is 740. The number of H-pyrrole nitrogens is 1. The second-order valence-corrected chi connectivity index (χ2v) is 6.18. The number of aromatic nitrogens is 2. The Morgan fingerprint density at radius 3 is 2.59 bits per heavy atom. The SMILES string of the molecule is O=c1[nH]ncc(N2CCC(O)(c3ccccc3Cl)CC2)c1Cl. The molecule has 0 amide bonds. The quantitative estimate of drug-likeness (QED) is 0.882. The van der Waals surface area contributed by atoms with Crippen LogP contribution in [0.5, 0.6) is 0 Å². The molecule has 2 heterocycles. The highest BCUT2D eigenvalue weighted by Crippen LogP contribution is 2.38. The first kappa shape index (κ1) is 15.3. The molecule has 0 radical (unpaired) electrons. The van der Waals surface area contributed by atoms with Crippen LogP contribution in [0.25, 0.3) is 0 Å². The number of aromatic amines is 1. The molecule has 1 aliphatic heterocycles. The Hall–Kier alpha value is -1.56. The lowest BCUT2D eigenvalue weighted by atomic mass is 9.84. The molecule has 116 valence electrons. The van der Waals surface area contributed by atoms with Gasteiger partial charge in [0.25, 0.3) is 5.56 Å². The normalized spacial score (nSPS) is 17.5. The highest BCUT2D eigenvalue weighted by molar-refractivity contribution is 6.33. The molecule has 0 aliphatic carbocycles. The van der Waals surface area contributed by atoms with Gasteiger partial charge >= 0.3 is 0 Å². The summed E-state index contributed by atoms with van der Waals surface area (Å²) < 4.78 is 0. The third-order valence-corrected chi connectivity index (χ3v) is 4.78. The average molecular weight is 340 g/mol. The Balaban J connectivity index is 1.82. The summed E-state index contributed by atoms with van der Waals surface area (Å²) in [5, 5.41) is 17.7. The number of anilines is 1. The van der Waals surface area contributed by atoms with Crippen LogP contribution in [0.2, 0.25) is 10.0 Å². The maximum absolute atomic E-state index is 11.5. The highest BCUT2D eigenvalue weighted by atomic mass is 35.5. The average Bonchev–Trinajstić information content (AvgIpc) is 2.51. The molecular weight excluding hydrogens is 325 g/mol. The van der Waals surface area contributed by atoms with Crippen LogP contribution >= 0.6 is 23.2 Å². The first-order valence-electron chi connectivity index (χ1n) is 6.97. The zero-order valence-corrected chi connectivity index (χ0v) is 13.2. The third kappa shape index (κ3) is 2.72. The van der Waals surface area contributed by atoms with Crippen molar-refractivity contribution in [1.82, 2.24) is 10.2 Å². The van der Waals surface area contributed by atoms with E-state index in [2.05, 4.69) is 10.2 Å². The number of aliphatic hydroxyl groups is 1. The molecule has 0 saturated carbocycles. The summed E-state index contributed by atoms with van der Waals surface area (Å²) in [6.45, 7) is 1.12. The van der Waals surface area contributed by atoms with Crippen LogP contribution in [-0.4, -0.2) is 28.4 Å². The van der Waals surface area contributed by atoms with Crippen molar-refractivity contribution in [2.24, 2.45) is 0 Å². The zero-order valence-electron chi connectivity index (χ0n) is 11.7. The fraction of sp³-hybridized carbons (Fsp3) is 0.333. The van der Waals surface area contributed by atoms with Crippen LogP contribution in [0.3, 0.4) is 0 Å². The Morgan fingerprint density at radius 1 is 1.23 bits per heavy atom. The summed E-state index contributed by atoms with van der Waals surface area (Å²) in [6.07, 6.45) is 2.53. The number of halogens is 2. The van der Waals surface area contributed by atoms with E-state index >= 15 is 0 Å². The van der Waals surface area contributed by atoms with E-state index in [-0.39, 0.29) is 5.02 Å². The van der Waals surface area contributed by atoms with Crippen molar-refractivity contribution in [3.8, 4) is 0 Å². The predicted octanol–water partition coefficient (Wildman–Crippen LogP) is 2.56. The summed E-state index contributed by atoms with van der Waals surface area (Å²) in [4.78, 5) is 13.5. The van der Waals surface area contributed by atoms with Crippen molar-refractivity contribution in [2.45, 2.75) is 18.4 Å². The smallest absolute Gasteiger partial charge is 0.285 e. The van der Waals surface area contributed by atoms with Gasteiger partial charge in [-0.25, -0.2) is 5.10 Å². The van der Waals surface area contributed by atoms with Gasteiger partial charge in [-0.15, -0.1) is 0 Å². The Morgan fingerprint density at radius 2 is 1.91 bits per heavy atom. The van der Waals surface area contributed by atoms with Gasteiger partial charge in [-0.2, -0.15) is 5.10 Å².